The van der Waals surface area contributed by atoms with Gasteiger partial charge in [-0.1, -0.05) is 0 Å². The minimum Gasteiger partial charge on any atom is -0.463 e. The second-order valence-electron chi connectivity index (χ2n) is 3.26. The number of nitrogens with zero attached hydrogens (tertiary/aromatic N) is 5. The van der Waals surface area contributed by atoms with E-state index >= 15 is 0 Å². The maximum atomic E-state index is 11.2. The van der Waals surface area contributed by atoms with Gasteiger partial charge in [-0.25, -0.2) is 14.8 Å². The quantitative estimate of drug-likeness (QED) is 0.471. The van der Waals surface area contributed by atoms with Gasteiger partial charge in [0.25, 0.3) is 5.82 Å². The van der Waals surface area contributed by atoms with Gasteiger partial charge in [0.1, 0.15) is 6.33 Å². The van der Waals surface area contributed by atoms with Crippen LogP contribution < -0.4 is 0 Å². The van der Waals surface area contributed by atoms with Crippen LogP contribution >= 0.6 is 15.9 Å². The molecule has 98 valence electrons. The minimum absolute atomic E-state index is 0.0455. The van der Waals surface area contributed by atoms with E-state index in [2.05, 4.69) is 35.7 Å². The fraction of sp³-hybridized carbons (Fsp3) is 0.111. The van der Waals surface area contributed by atoms with Crippen LogP contribution in [0.1, 0.15) is 10.6 Å². The summed E-state index contributed by atoms with van der Waals surface area (Å²) in [7, 11) is 1.18. The molecule has 0 aliphatic carbocycles. The molecule has 9 nitrogen and oxygen atoms in total. The topological polar surface area (TPSA) is 113 Å². The van der Waals surface area contributed by atoms with Gasteiger partial charge in [0, 0.05) is 16.7 Å². The molecular weight excluding hydrogens is 322 g/mol. The number of aromatic nitrogens is 4. The van der Waals surface area contributed by atoms with E-state index in [1.54, 1.807) is 0 Å². The normalized spacial score (nSPS) is 10.2. The largest absolute Gasteiger partial charge is 0.463 e. The van der Waals surface area contributed by atoms with Crippen molar-refractivity contribution in [2.75, 3.05) is 7.11 Å². The lowest BCUT2D eigenvalue weighted by atomic mass is 10.4. The first kappa shape index (κ1) is 13.1. The van der Waals surface area contributed by atoms with Crippen LogP contribution in [0, 0.1) is 10.1 Å². The molecule has 0 saturated carbocycles. The lowest BCUT2D eigenvalue weighted by Crippen LogP contribution is -2.07. The minimum atomic E-state index is -0.737. The van der Waals surface area contributed by atoms with Crippen molar-refractivity contribution in [2.24, 2.45) is 0 Å². The van der Waals surface area contributed by atoms with Crippen molar-refractivity contribution in [1.29, 1.82) is 0 Å². The fourth-order valence-corrected chi connectivity index (χ4v) is 1.60. The number of esters is 1. The standard InChI is InChI=1S/C9H6BrN5O4/c1-19-9(16)7-12-4-14(13-7)8-6(15(17)18)2-5(10)3-11-8/h2-4H,1H3. The molecule has 2 aromatic heterocycles. The fourth-order valence-electron chi connectivity index (χ4n) is 1.28. The van der Waals surface area contributed by atoms with E-state index < -0.39 is 10.9 Å². The number of rotatable bonds is 3. The summed E-state index contributed by atoms with van der Waals surface area (Å²) in [6, 6.07) is 1.28. The summed E-state index contributed by atoms with van der Waals surface area (Å²) >= 11 is 3.09. The summed E-state index contributed by atoms with van der Waals surface area (Å²) in [5.41, 5.74) is -0.268. The Morgan fingerprint density at radius 2 is 2.26 bits per heavy atom. The number of methoxy groups -OCH3 is 1. The molecule has 0 fully saturated rings. The van der Waals surface area contributed by atoms with Gasteiger partial charge in [0.2, 0.25) is 5.82 Å². The molecule has 0 unspecified atom stereocenters. The highest BCUT2D eigenvalue weighted by atomic mass is 79.9. The molecule has 0 radical (unpaired) electrons. The highest BCUT2D eigenvalue weighted by Gasteiger charge is 2.20. The Bertz CT molecular complexity index is 656. The van der Waals surface area contributed by atoms with Crippen LogP contribution in [0.15, 0.2) is 23.1 Å². The maximum Gasteiger partial charge on any atom is 0.377 e. The lowest BCUT2D eigenvalue weighted by molar-refractivity contribution is -0.385. The predicted molar refractivity (Wildman–Crippen MR) is 64.8 cm³/mol. The Labute approximate surface area is 114 Å². The molecule has 0 amide bonds. The van der Waals surface area contributed by atoms with Crippen LogP contribution in [-0.2, 0) is 4.74 Å². The molecule has 0 aliphatic heterocycles. The third kappa shape index (κ3) is 2.57. The molecule has 0 aliphatic rings. The zero-order chi connectivity index (χ0) is 14.0. The van der Waals surface area contributed by atoms with Crippen molar-refractivity contribution in [3.8, 4) is 5.82 Å². The van der Waals surface area contributed by atoms with Gasteiger partial charge in [-0.2, -0.15) is 4.68 Å². The van der Waals surface area contributed by atoms with Gasteiger partial charge in [-0.15, -0.1) is 5.10 Å². The van der Waals surface area contributed by atoms with Gasteiger partial charge in [0.15, 0.2) is 0 Å². The summed E-state index contributed by atoms with van der Waals surface area (Å²) in [5.74, 6) is -0.990. The highest BCUT2D eigenvalue weighted by Crippen LogP contribution is 2.23. The van der Waals surface area contributed by atoms with Gasteiger partial charge < -0.3 is 4.74 Å². The molecule has 2 heterocycles. The number of carbonyl (C=O) groups excluding carboxylic acids is 1. The first-order valence-electron chi connectivity index (χ1n) is 4.83. The van der Waals surface area contributed by atoms with Crippen LogP contribution in [0.4, 0.5) is 5.69 Å². The number of carbonyl (C=O) groups is 1. The zero-order valence-electron chi connectivity index (χ0n) is 9.48. The van der Waals surface area contributed by atoms with Crippen LogP contribution in [0.3, 0.4) is 0 Å². The smallest absolute Gasteiger partial charge is 0.377 e. The molecule has 0 atom stereocenters. The van der Waals surface area contributed by atoms with Crippen molar-refractivity contribution in [2.45, 2.75) is 0 Å². The van der Waals surface area contributed by atoms with E-state index in [1.807, 2.05) is 0 Å². The molecule has 0 saturated heterocycles. The SMILES string of the molecule is COC(=O)c1ncn(-c2ncc(Br)cc2[N+](=O)[O-])n1. The predicted octanol–water partition coefficient (Wildman–Crippen LogP) is 1.12. The lowest BCUT2D eigenvalue weighted by Gasteiger charge is -2.01. The summed E-state index contributed by atoms with van der Waals surface area (Å²) in [6.07, 6.45) is 2.53. The Kier molecular flexibility index (Phi) is 3.51. The maximum absolute atomic E-state index is 11.2. The van der Waals surface area contributed by atoms with E-state index in [-0.39, 0.29) is 17.3 Å². The van der Waals surface area contributed by atoms with Gasteiger partial charge in [-0.05, 0) is 15.9 Å². The first-order chi connectivity index (χ1) is 9.02. The van der Waals surface area contributed by atoms with Crippen molar-refractivity contribution in [1.82, 2.24) is 19.7 Å². The Morgan fingerprint density at radius 3 is 2.89 bits per heavy atom. The molecule has 2 rings (SSSR count). The number of hydrogen-bond donors (Lipinski definition) is 0. The number of ether oxygens (including phenoxy) is 1. The van der Waals surface area contributed by atoms with E-state index in [4.69, 9.17) is 0 Å². The van der Waals surface area contributed by atoms with E-state index in [0.717, 1.165) is 11.0 Å². The average molecular weight is 328 g/mol. The van der Waals surface area contributed by atoms with Crippen molar-refractivity contribution < 1.29 is 14.5 Å². The second-order valence-corrected chi connectivity index (χ2v) is 4.17. The first-order valence-corrected chi connectivity index (χ1v) is 5.62. The van der Waals surface area contributed by atoms with E-state index in [0.29, 0.717) is 4.47 Å². The molecule has 10 heteroatoms. The highest BCUT2D eigenvalue weighted by molar-refractivity contribution is 9.10. The van der Waals surface area contributed by atoms with Gasteiger partial charge >= 0.3 is 11.7 Å². The number of halogens is 1. The summed E-state index contributed by atoms with van der Waals surface area (Å²) in [4.78, 5) is 29.1. The average Bonchev–Trinajstić information content (AvgIpc) is 2.87. The summed E-state index contributed by atoms with van der Waals surface area (Å²) < 4.78 is 5.94. The van der Waals surface area contributed by atoms with Crippen LogP contribution in [0.25, 0.3) is 5.82 Å². The van der Waals surface area contributed by atoms with Gasteiger partial charge in [0.05, 0.1) is 12.0 Å². The molecule has 0 spiro atoms. The van der Waals surface area contributed by atoms with Crippen LogP contribution in [-0.4, -0.2) is 37.8 Å². The zero-order valence-corrected chi connectivity index (χ0v) is 11.1. The van der Waals surface area contributed by atoms with Gasteiger partial charge in [-0.3, -0.25) is 10.1 Å². The molecule has 19 heavy (non-hydrogen) atoms. The molecule has 0 bridgehead atoms. The Balaban J connectivity index is 2.50. The second kappa shape index (κ2) is 5.10. The monoisotopic (exact) mass is 327 g/mol. The van der Waals surface area contributed by atoms with E-state index in [9.17, 15) is 14.9 Å². The number of hydrogen-bond acceptors (Lipinski definition) is 7. The number of pyridine rings is 1. The third-order valence-corrected chi connectivity index (χ3v) is 2.52. The molecule has 0 aromatic carbocycles. The Morgan fingerprint density at radius 1 is 1.53 bits per heavy atom. The van der Waals surface area contributed by atoms with Crippen molar-refractivity contribution >= 4 is 27.6 Å². The van der Waals surface area contributed by atoms with Crippen molar-refractivity contribution in [3.05, 3.63) is 39.0 Å². The van der Waals surface area contributed by atoms with Crippen LogP contribution in [0.5, 0.6) is 0 Å². The van der Waals surface area contributed by atoms with Crippen molar-refractivity contribution in [3.63, 3.8) is 0 Å². The molecule has 2 aromatic rings. The summed E-state index contributed by atoms with van der Waals surface area (Å²) in [5, 5.41) is 14.7. The molecular formula is C9H6BrN5O4. The third-order valence-electron chi connectivity index (χ3n) is 2.09. The number of nitro groups is 1. The Hall–Kier alpha value is -2.36. The molecule has 0 N–H and O–H groups in total. The van der Waals surface area contributed by atoms with Crippen LogP contribution in [0.2, 0.25) is 0 Å². The summed E-state index contributed by atoms with van der Waals surface area (Å²) in [6.45, 7) is 0. The van der Waals surface area contributed by atoms with E-state index in [1.165, 1.54) is 19.4 Å².